The molecule has 0 aliphatic heterocycles. The summed E-state index contributed by atoms with van der Waals surface area (Å²) in [6.07, 6.45) is 0. The van der Waals surface area contributed by atoms with E-state index in [0.29, 0.717) is 6.61 Å². The van der Waals surface area contributed by atoms with Gasteiger partial charge in [-0.25, -0.2) is 0 Å². The average Bonchev–Trinajstić information content (AvgIpc) is 2.37. The van der Waals surface area contributed by atoms with E-state index in [2.05, 4.69) is 31.3 Å². The number of hydrogen-bond donors (Lipinski definition) is 1. The van der Waals surface area contributed by atoms with Crippen molar-refractivity contribution in [3.63, 3.8) is 0 Å². The molecule has 0 bridgehead atoms. The third-order valence-corrected chi connectivity index (χ3v) is 3.05. The number of esters is 1. The Kier molecular flexibility index (Phi) is 5.35. The van der Waals surface area contributed by atoms with Crippen LogP contribution in [-0.2, 0) is 14.9 Å². The van der Waals surface area contributed by atoms with E-state index in [9.17, 15) is 4.79 Å². The van der Waals surface area contributed by atoms with Crippen molar-refractivity contribution in [2.24, 2.45) is 0 Å². The molecule has 0 aliphatic carbocycles. The highest BCUT2D eigenvalue weighted by atomic mass is 16.5. The highest BCUT2D eigenvalue weighted by molar-refractivity contribution is 5.75. The van der Waals surface area contributed by atoms with Crippen molar-refractivity contribution in [3.8, 4) is 0 Å². The van der Waals surface area contributed by atoms with Crippen LogP contribution in [0.25, 0.3) is 0 Å². The molecule has 1 unspecified atom stereocenters. The topological polar surface area (TPSA) is 38.3 Å². The van der Waals surface area contributed by atoms with Gasteiger partial charge in [-0.15, -0.1) is 0 Å². The fourth-order valence-electron chi connectivity index (χ4n) is 1.75. The SMILES string of the molecule is CCOC(=O)C(C)NCC(C)(C)c1ccccc1. The number of ether oxygens (including phenoxy) is 1. The molecule has 0 saturated heterocycles. The molecule has 1 atom stereocenters. The minimum absolute atomic E-state index is 0.0119. The second-order valence-electron chi connectivity index (χ2n) is 5.10. The average molecular weight is 249 g/mol. The lowest BCUT2D eigenvalue weighted by Gasteiger charge is -2.27. The summed E-state index contributed by atoms with van der Waals surface area (Å²) < 4.78 is 4.97. The molecule has 3 nitrogen and oxygen atoms in total. The first-order valence-corrected chi connectivity index (χ1v) is 6.43. The fraction of sp³-hybridized carbons (Fsp3) is 0.533. The number of hydrogen-bond acceptors (Lipinski definition) is 3. The predicted octanol–water partition coefficient (Wildman–Crippen LogP) is 2.51. The van der Waals surface area contributed by atoms with Crippen molar-refractivity contribution in [3.05, 3.63) is 35.9 Å². The Morgan fingerprint density at radius 1 is 1.33 bits per heavy atom. The number of nitrogens with one attached hydrogen (secondary N) is 1. The number of carbonyl (C=O) groups excluding carboxylic acids is 1. The Morgan fingerprint density at radius 2 is 1.94 bits per heavy atom. The molecule has 0 aromatic heterocycles. The molecule has 1 rings (SSSR count). The molecule has 0 heterocycles. The van der Waals surface area contributed by atoms with Gasteiger partial charge in [-0.05, 0) is 19.4 Å². The van der Waals surface area contributed by atoms with Crippen LogP contribution >= 0.6 is 0 Å². The van der Waals surface area contributed by atoms with Gasteiger partial charge in [0.05, 0.1) is 6.61 Å². The molecule has 0 spiro atoms. The summed E-state index contributed by atoms with van der Waals surface area (Å²) in [6, 6.07) is 10.0. The van der Waals surface area contributed by atoms with Crippen LogP contribution in [-0.4, -0.2) is 25.2 Å². The zero-order valence-corrected chi connectivity index (χ0v) is 11.7. The van der Waals surface area contributed by atoms with Gasteiger partial charge >= 0.3 is 5.97 Å². The van der Waals surface area contributed by atoms with E-state index < -0.39 is 0 Å². The van der Waals surface area contributed by atoms with Crippen molar-refractivity contribution >= 4 is 5.97 Å². The zero-order valence-electron chi connectivity index (χ0n) is 11.7. The molecule has 100 valence electrons. The molecule has 3 heteroatoms. The molecule has 0 amide bonds. The summed E-state index contributed by atoms with van der Waals surface area (Å²) in [5.41, 5.74) is 1.25. The quantitative estimate of drug-likeness (QED) is 0.787. The second kappa shape index (κ2) is 6.55. The van der Waals surface area contributed by atoms with E-state index in [1.165, 1.54) is 5.56 Å². The predicted molar refractivity (Wildman–Crippen MR) is 73.6 cm³/mol. The Morgan fingerprint density at radius 3 is 2.50 bits per heavy atom. The van der Waals surface area contributed by atoms with Gasteiger partial charge in [0.15, 0.2) is 0 Å². The van der Waals surface area contributed by atoms with Gasteiger partial charge in [0.25, 0.3) is 0 Å². The van der Waals surface area contributed by atoms with Crippen LogP contribution in [0.4, 0.5) is 0 Å². The van der Waals surface area contributed by atoms with Crippen LogP contribution < -0.4 is 5.32 Å². The lowest BCUT2D eigenvalue weighted by Crippen LogP contribution is -2.42. The van der Waals surface area contributed by atoms with Gasteiger partial charge in [0.1, 0.15) is 6.04 Å². The van der Waals surface area contributed by atoms with Crippen LogP contribution in [0.5, 0.6) is 0 Å². The zero-order chi connectivity index (χ0) is 13.6. The van der Waals surface area contributed by atoms with Crippen molar-refractivity contribution in [2.45, 2.75) is 39.2 Å². The van der Waals surface area contributed by atoms with Crippen LogP contribution in [0, 0.1) is 0 Å². The maximum absolute atomic E-state index is 11.5. The van der Waals surface area contributed by atoms with Crippen LogP contribution in [0.2, 0.25) is 0 Å². The lowest BCUT2D eigenvalue weighted by molar-refractivity contribution is -0.145. The van der Waals surface area contributed by atoms with Crippen LogP contribution in [0.3, 0.4) is 0 Å². The number of carbonyl (C=O) groups is 1. The minimum atomic E-state index is -0.270. The van der Waals surface area contributed by atoms with E-state index in [4.69, 9.17) is 4.74 Å². The van der Waals surface area contributed by atoms with E-state index in [1.807, 2.05) is 32.0 Å². The first kappa shape index (κ1) is 14.7. The third kappa shape index (κ3) is 4.15. The van der Waals surface area contributed by atoms with E-state index in [0.717, 1.165) is 6.54 Å². The molecule has 1 N–H and O–H groups in total. The summed E-state index contributed by atoms with van der Waals surface area (Å²) >= 11 is 0. The van der Waals surface area contributed by atoms with E-state index >= 15 is 0 Å². The summed E-state index contributed by atoms with van der Waals surface area (Å²) in [7, 11) is 0. The summed E-state index contributed by atoms with van der Waals surface area (Å²) in [4.78, 5) is 11.5. The van der Waals surface area contributed by atoms with E-state index in [1.54, 1.807) is 0 Å². The first-order valence-electron chi connectivity index (χ1n) is 6.43. The Hall–Kier alpha value is -1.35. The largest absolute Gasteiger partial charge is 0.465 e. The Bertz CT molecular complexity index is 373. The normalized spacial score (nSPS) is 13.1. The first-order chi connectivity index (χ1) is 8.47. The lowest BCUT2D eigenvalue weighted by atomic mass is 9.84. The molecule has 1 aromatic rings. The second-order valence-corrected chi connectivity index (χ2v) is 5.10. The maximum atomic E-state index is 11.5. The smallest absolute Gasteiger partial charge is 0.322 e. The van der Waals surface area contributed by atoms with Crippen molar-refractivity contribution in [1.82, 2.24) is 5.32 Å². The molecule has 1 aromatic carbocycles. The summed E-state index contributed by atoms with van der Waals surface area (Å²) in [6.45, 7) is 9.13. The van der Waals surface area contributed by atoms with Crippen molar-refractivity contribution in [1.29, 1.82) is 0 Å². The molecule has 0 radical (unpaired) electrons. The third-order valence-electron chi connectivity index (χ3n) is 3.05. The molecular formula is C15H23NO2. The maximum Gasteiger partial charge on any atom is 0.322 e. The standard InChI is InChI=1S/C15H23NO2/c1-5-18-14(17)12(2)16-11-15(3,4)13-9-7-6-8-10-13/h6-10,12,16H,5,11H2,1-4H3. The van der Waals surface area contributed by atoms with Crippen LogP contribution in [0.1, 0.15) is 33.3 Å². The van der Waals surface area contributed by atoms with Gasteiger partial charge in [0.2, 0.25) is 0 Å². The highest BCUT2D eigenvalue weighted by Crippen LogP contribution is 2.21. The molecule has 0 saturated carbocycles. The molecule has 18 heavy (non-hydrogen) atoms. The van der Waals surface area contributed by atoms with Crippen LogP contribution in [0.15, 0.2) is 30.3 Å². The molecule has 0 fully saturated rings. The summed E-state index contributed by atoms with van der Waals surface area (Å²) in [5.74, 6) is -0.193. The minimum Gasteiger partial charge on any atom is -0.465 e. The number of rotatable bonds is 6. The van der Waals surface area contributed by atoms with E-state index in [-0.39, 0.29) is 17.4 Å². The van der Waals surface area contributed by atoms with Gasteiger partial charge < -0.3 is 10.1 Å². The molecular weight excluding hydrogens is 226 g/mol. The van der Waals surface area contributed by atoms with Gasteiger partial charge in [-0.3, -0.25) is 4.79 Å². The molecule has 0 aliphatic rings. The van der Waals surface area contributed by atoms with Gasteiger partial charge in [-0.1, -0.05) is 44.2 Å². The van der Waals surface area contributed by atoms with Crippen molar-refractivity contribution in [2.75, 3.05) is 13.2 Å². The van der Waals surface area contributed by atoms with Gasteiger partial charge in [-0.2, -0.15) is 0 Å². The fourth-order valence-corrected chi connectivity index (χ4v) is 1.75. The highest BCUT2D eigenvalue weighted by Gasteiger charge is 2.22. The van der Waals surface area contributed by atoms with Crippen molar-refractivity contribution < 1.29 is 9.53 Å². The monoisotopic (exact) mass is 249 g/mol. The Labute approximate surface area is 110 Å². The Balaban J connectivity index is 2.54. The summed E-state index contributed by atoms with van der Waals surface area (Å²) in [5, 5.41) is 3.23. The van der Waals surface area contributed by atoms with Gasteiger partial charge in [0, 0.05) is 12.0 Å². The number of benzene rings is 1.